The number of aliphatic hydroxyl groups is 1. The van der Waals surface area contributed by atoms with E-state index < -0.39 is 33.5 Å². The second-order valence-corrected chi connectivity index (χ2v) is 12.5. The van der Waals surface area contributed by atoms with Crippen LogP contribution in [0.1, 0.15) is 80.1 Å². The van der Waals surface area contributed by atoms with Crippen molar-refractivity contribution in [2.75, 3.05) is 7.11 Å². The van der Waals surface area contributed by atoms with Gasteiger partial charge in [0.05, 0.1) is 12.5 Å². The summed E-state index contributed by atoms with van der Waals surface area (Å²) in [7, 11) is 1.32. The number of hydrogen-bond donors (Lipinski definition) is 1. The molecule has 0 unspecified atom stereocenters. The highest BCUT2D eigenvalue weighted by Gasteiger charge is 2.73. The maximum atomic E-state index is 14.0. The van der Waals surface area contributed by atoms with Crippen LogP contribution in [0.25, 0.3) is 0 Å². The number of hydrogen-bond acceptors (Lipinski definition) is 7. The van der Waals surface area contributed by atoms with E-state index in [4.69, 9.17) is 4.74 Å². The quantitative estimate of drug-likeness (QED) is 0.606. The van der Waals surface area contributed by atoms with E-state index in [0.717, 1.165) is 0 Å². The average molecular weight is 487 g/mol. The van der Waals surface area contributed by atoms with Crippen LogP contribution in [-0.4, -0.2) is 47.4 Å². The molecule has 7 heteroatoms. The van der Waals surface area contributed by atoms with Crippen LogP contribution in [-0.2, 0) is 28.7 Å². The molecule has 1 N–H and O–H groups in total. The highest BCUT2D eigenvalue weighted by molar-refractivity contribution is 6.18. The lowest BCUT2D eigenvalue weighted by Gasteiger charge is -2.59. The van der Waals surface area contributed by atoms with Gasteiger partial charge >= 0.3 is 5.97 Å². The van der Waals surface area contributed by atoms with Crippen molar-refractivity contribution in [2.45, 2.75) is 86.2 Å². The molecule has 7 atom stereocenters. The molecule has 0 bridgehead atoms. The molecule has 7 nitrogen and oxygen atoms in total. The average Bonchev–Trinajstić information content (AvgIpc) is 3.01. The van der Waals surface area contributed by atoms with Crippen molar-refractivity contribution >= 4 is 29.1 Å². The Hall–Kier alpha value is -2.15. The number of rotatable bonds is 4. The number of esters is 1. The minimum absolute atomic E-state index is 0.0770. The van der Waals surface area contributed by atoms with E-state index in [0.29, 0.717) is 19.3 Å². The SMILES string of the molecule is COC(=O)CC[C@@H](C)[C@H]1CC(=O)[C@@]2(C)C3=C(C(=O)[C@H](O)[C@]12C)[C@@]1(C)CCC(=O)C(C)(C)[C@@H]1CC3=O. The van der Waals surface area contributed by atoms with Crippen molar-refractivity contribution < 1.29 is 33.8 Å². The summed E-state index contributed by atoms with van der Waals surface area (Å²) in [6.07, 6.45) is 0.135. The number of methoxy groups -OCH3 is 1. The smallest absolute Gasteiger partial charge is 0.305 e. The number of fused-ring (bicyclic) bond motifs is 4. The molecule has 35 heavy (non-hydrogen) atoms. The zero-order valence-electron chi connectivity index (χ0n) is 21.9. The van der Waals surface area contributed by atoms with E-state index in [1.54, 1.807) is 13.8 Å². The summed E-state index contributed by atoms with van der Waals surface area (Å²) in [6.45, 7) is 11.0. The molecule has 0 heterocycles. The second-order valence-electron chi connectivity index (χ2n) is 12.5. The summed E-state index contributed by atoms with van der Waals surface area (Å²) >= 11 is 0. The van der Waals surface area contributed by atoms with Crippen molar-refractivity contribution in [3.63, 3.8) is 0 Å². The molecule has 0 radical (unpaired) electrons. The number of carbonyl (C=O) groups excluding carboxylic acids is 5. The molecule has 0 aliphatic heterocycles. The van der Waals surface area contributed by atoms with Crippen LogP contribution in [0.15, 0.2) is 11.1 Å². The van der Waals surface area contributed by atoms with Gasteiger partial charge in [-0.25, -0.2) is 0 Å². The number of aliphatic hydroxyl groups excluding tert-OH is 1. The zero-order valence-corrected chi connectivity index (χ0v) is 21.9. The number of carbonyl (C=O) groups is 5. The lowest BCUT2D eigenvalue weighted by molar-refractivity contribution is -0.158. The minimum atomic E-state index is -1.45. The van der Waals surface area contributed by atoms with E-state index in [-0.39, 0.29) is 71.5 Å². The van der Waals surface area contributed by atoms with Crippen molar-refractivity contribution in [1.29, 1.82) is 0 Å². The van der Waals surface area contributed by atoms with E-state index >= 15 is 0 Å². The molecule has 2 fully saturated rings. The van der Waals surface area contributed by atoms with E-state index in [9.17, 15) is 29.1 Å². The maximum absolute atomic E-state index is 14.0. The van der Waals surface area contributed by atoms with Gasteiger partial charge in [-0.15, -0.1) is 0 Å². The Balaban J connectivity index is 1.88. The second kappa shape index (κ2) is 7.92. The normalized spacial score (nSPS) is 41.3. The van der Waals surface area contributed by atoms with Crippen LogP contribution in [0, 0.1) is 39.4 Å². The lowest BCUT2D eigenvalue weighted by Crippen LogP contribution is -2.64. The Morgan fingerprint density at radius 1 is 1.03 bits per heavy atom. The molecule has 0 aromatic rings. The van der Waals surface area contributed by atoms with Gasteiger partial charge in [0, 0.05) is 53.1 Å². The Morgan fingerprint density at radius 3 is 2.26 bits per heavy atom. The van der Waals surface area contributed by atoms with Crippen molar-refractivity contribution in [1.82, 2.24) is 0 Å². The van der Waals surface area contributed by atoms with Crippen LogP contribution in [0.3, 0.4) is 0 Å². The first-order chi connectivity index (χ1) is 16.1. The molecule has 0 spiro atoms. The van der Waals surface area contributed by atoms with Gasteiger partial charge in [-0.05, 0) is 37.5 Å². The minimum Gasteiger partial charge on any atom is -0.469 e. The predicted molar refractivity (Wildman–Crippen MR) is 127 cm³/mol. The molecular formula is C28H38O7. The molecule has 4 aliphatic rings. The molecular weight excluding hydrogens is 448 g/mol. The number of allylic oxidation sites excluding steroid dienone is 1. The maximum Gasteiger partial charge on any atom is 0.305 e. The highest BCUT2D eigenvalue weighted by Crippen LogP contribution is 2.69. The molecule has 0 saturated heterocycles. The standard InChI is InChI=1S/C28H38O7/c1-14(8-9-20(32)35-7)15-12-19(31)28(6)21-16(29)13-17-25(2,3)18(30)10-11-26(17,4)22(21)23(33)24(34)27(15,28)5/h14-15,17,24,34H,8-13H2,1-7H3/t14-,15-,17+,24+,26+,27+,28+/m1/s1. The fourth-order valence-electron chi connectivity index (χ4n) is 8.31. The summed E-state index contributed by atoms with van der Waals surface area (Å²) in [5.74, 6) is -2.04. The topological polar surface area (TPSA) is 115 Å². The van der Waals surface area contributed by atoms with E-state index in [1.807, 2.05) is 27.7 Å². The lowest BCUT2D eigenvalue weighted by atomic mass is 9.42. The first-order valence-corrected chi connectivity index (χ1v) is 12.7. The molecule has 2 saturated carbocycles. The van der Waals surface area contributed by atoms with Crippen LogP contribution < -0.4 is 0 Å². The largest absolute Gasteiger partial charge is 0.469 e. The van der Waals surface area contributed by atoms with E-state index in [1.165, 1.54) is 7.11 Å². The molecule has 192 valence electrons. The summed E-state index contributed by atoms with van der Waals surface area (Å²) < 4.78 is 4.76. The number of ketones is 4. The Bertz CT molecular complexity index is 1070. The van der Waals surface area contributed by atoms with Gasteiger partial charge in [0.15, 0.2) is 11.6 Å². The summed E-state index contributed by atoms with van der Waals surface area (Å²) in [6, 6.07) is 0. The molecule has 0 aromatic carbocycles. The summed E-state index contributed by atoms with van der Waals surface area (Å²) in [5.41, 5.74) is -3.48. The van der Waals surface area contributed by atoms with Gasteiger partial charge < -0.3 is 9.84 Å². The molecule has 4 aliphatic carbocycles. The van der Waals surface area contributed by atoms with Gasteiger partial charge in [-0.3, -0.25) is 24.0 Å². The molecule has 0 amide bonds. The summed E-state index contributed by atoms with van der Waals surface area (Å²) in [5, 5.41) is 11.6. The van der Waals surface area contributed by atoms with Gasteiger partial charge in [0.2, 0.25) is 0 Å². The third kappa shape index (κ3) is 3.09. The van der Waals surface area contributed by atoms with Crippen molar-refractivity contribution in [2.24, 2.45) is 39.4 Å². The third-order valence-corrected chi connectivity index (χ3v) is 10.8. The molecule has 4 rings (SSSR count). The zero-order chi connectivity index (χ0) is 26.3. The van der Waals surface area contributed by atoms with Gasteiger partial charge in [0.25, 0.3) is 0 Å². The van der Waals surface area contributed by atoms with Gasteiger partial charge in [-0.1, -0.05) is 34.6 Å². The van der Waals surface area contributed by atoms with E-state index in [2.05, 4.69) is 0 Å². The fourth-order valence-corrected chi connectivity index (χ4v) is 8.31. The monoisotopic (exact) mass is 486 g/mol. The first-order valence-electron chi connectivity index (χ1n) is 12.7. The Morgan fingerprint density at radius 2 is 1.66 bits per heavy atom. The predicted octanol–water partition coefficient (Wildman–Crippen LogP) is 3.40. The highest BCUT2D eigenvalue weighted by atomic mass is 16.5. The Labute approximate surface area is 207 Å². The van der Waals surface area contributed by atoms with Crippen LogP contribution in [0.2, 0.25) is 0 Å². The summed E-state index contributed by atoms with van der Waals surface area (Å²) in [4.78, 5) is 66.1. The molecule has 0 aromatic heterocycles. The van der Waals surface area contributed by atoms with Crippen LogP contribution in [0.5, 0.6) is 0 Å². The third-order valence-electron chi connectivity index (χ3n) is 10.8. The number of Topliss-reactive ketones (excluding diaryl/α,β-unsaturated/α-hetero) is 4. The van der Waals surface area contributed by atoms with Gasteiger partial charge in [-0.2, -0.15) is 0 Å². The number of ether oxygens (including phenoxy) is 1. The van der Waals surface area contributed by atoms with Crippen LogP contribution in [0.4, 0.5) is 0 Å². The van der Waals surface area contributed by atoms with Crippen molar-refractivity contribution in [3.8, 4) is 0 Å². The Kier molecular flexibility index (Phi) is 5.87. The van der Waals surface area contributed by atoms with Crippen molar-refractivity contribution in [3.05, 3.63) is 11.1 Å². The first kappa shape index (κ1) is 25.9. The fraction of sp³-hybridized carbons (Fsp3) is 0.750. The van der Waals surface area contributed by atoms with Crippen LogP contribution >= 0.6 is 0 Å². The van der Waals surface area contributed by atoms with Gasteiger partial charge in [0.1, 0.15) is 17.7 Å².